The van der Waals surface area contributed by atoms with Gasteiger partial charge in [0.15, 0.2) is 4.34 Å². The average Bonchev–Trinajstić information content (AvgIpc) is 3.08. The summed E-state index contributed by atoms with van der Waals surface area (Å²) in [6.07, 6.45) is -0.176. The van der Waals surface area contributed by atoms with Gasteiger partial charge in [0.2, 0.25) is 11.0 Å². The van der Waals surface area contributed by atoms with E-state index in [2.05, 4.69) is 20.8 Å². The molecule has 0 aliphatic heterocycles. The van der Waals surface area contributed by atoms with Gasteiger partial charge in [0.1, 0.15) is 0 Å². The smallest absolute Gasteiger partial charge is 0.338 e. The molecule has 0 unspecified atom stereocenters. The van der Waals surface area contributed by atoms with Gasteiger partial charge in [-0.1, -0.05) is 23.1 Å². The minimum absolute atomic E-state index is 0.165. The number of aromatic nitrogens is 2. The fraction of sp³-hybridized carbons (Fsp3) is 0.412. The van der Waals surface area contributed by atoms with Gasteiger partial charge in [0.25, 0.3) is 0 Å². The van der Waals surface area contributed by atoms with Gasteiger partial charge in [-0.05, 0) is 38.1 Å². The molecule has 0 fully saturated rings. The van der Waals surface area contributed by atoms with Crippen LogP contribution in [0.5, 0.6) is 0 Å². The summed E-state index contributed by atoms with van der Waals surface area (Å²) in [5.74, 6) is -0.338. The highest BCUT2D eigenvalue weighted by Crippen LogP contribution is 2.25. The van der Waals surface area contributed by atoms with Gasteiger partial charge < -0.3 is 20.1 Å². The van der Waals surface area contributed by atoms with Gasteiger partial charge in [-0.15, -0.1) is 10.2 Å². The molecule has 146 valence electrons. The second kappa shape index (κ2) is 10.9. The standard InChI is InChI=1S/C17H22N4O4S2/c1-11(2)25-15(23)12-4-6-13(7-5-12)19-14(22)10-26-17-21-20-16(27-17)18-8-9-24-3/h4-7,11H,8-10H2,1-3H3,(H,18,20)(H,19,22). The molecule has 1 aromatic carbocycles. The third-order valence-electron chi connectivity index (χ3n) is 3.06. The Morgan fingerprint density at radius 2 is 1.96 bits per heavy atom. The maximum atomic E-state index is 12.1. The van der Waals surface area contributed by atoms with E-state index in [-0.39, 0.29) is 23.7 Å². The molecule has 0 saturated carbocycles. The third-order valence-corrected chi connectivity index (χ3v) is 5.08. The number of rotatable bonds is 10. The van der Waals surface area contributed by atoms with Crippen molar-refractivity contribution in [3.8, 4) is 0 Å². The molecule has 1 heterocycles. The molecule has 2 N–H and O–H groups in total. The predicted octanol–water partition coefficient (Wildman–Crippen LogP) is 2.89. The topological polar surface area (TPSA) is 102 Å². The van der Waals surface area contributed by atoms with Crippen molar-refractivity contribution in [2.24, 2.45) is 0 Å². The summed E-state index contributed by atoms with van der Waals surface area (Å²) in [4.78, 5) is 23.9. The second-order valence-corrected chi connectivity index (χ2v) is 7.86. The molecule has 2 aromatic rings. The van der Waals surface area contributed by atoms with E-state index >= 15 is 0 Å². The highest BCUT2D eigenvalue weighted by molar-refractivity contribution is 8.01. The molecule has 0 aliphatic rings. The lowest BCUT2D eigenvalue weighted by atomic mass is 10.2. The average molecular weight is 411 g/mol. The monoisotopic (exact) mass is 410 g/mol. The first kappa shape index (κ1) is 21.1. The Balaban J connectivity index is 1.78. The molecule has 10 heteroatoms. The Hall–Kier alpha value is -2.17. The van der Waals surface area contributed by atoms with Crippen LogP contribution in [0.15, 0.2) is 28.6 Å². The van der Waals surface area contributed by atoms with Crippen molar-refractivity contribution in [1.82, 2.24) is 10.2 Å². The van der Waals surface area contributed by atoms with Gasteiger partial charge in [0.05, 0.1) is 24.0 Å². The number of carbonyl (C=O) groups is 2. The number of methoxy groups -OCH3 is 1. The van der Waals surface area contributed by atoms with E-state index in [0.29, 0.717) is 33.9 Å². The molecule has 1 aromatic heterocycles. The lowest BCUT2D eigenvalue weighted by Gasteiger charge is -2.08. The molecule has 0 saturated heterocycles. The van der Waals surface area contributed by atoms with Crippen molar-refractivity contribution in [1.29, 1.82) is 0 Å². The first-order valence-electron chi connectivity index (χ1n) is 8.28. The lowest BCUT2D eigenvalue weighted by Crippen LogP contribution is -2.14. The van der Waals surface area contributed by atoms with Crippen LogP contribution >= 0.6 is 23.1 Å². The molecule has 0 radical (unpaired) electrons. The van der Waals surface area contributed by atoms with Crippen molar-refractivity contribution in [2.75, 3.05) is 36.6 Å². The van der Waals surface area contributed by atoms with Crippen LogP contribution in [0.4, 0.5) is 10.8 Å². The summed E-state index contributed by atoms with van der Waals surface area (Å²) in [6, 6.07) is 6.58. The quantitative estimate of drug-likeness (QED) is 0.350. The molecule has 0 atom stereocenters. The van der Waals surface area contributed by atoms with Crippen molar-refractivity contribution < 1.29 is 19.1 Å². The van der Waals surface area contributed by atoms with Crippen LogP contribution in [-0.4, -0.2) is 54.2 Å². The number of ether oxygens (including phenoxy) is 2. The molecule has 0 aliphatic carbocycles. The Morgan fingerprint density at radius 1 is 1.22 bits per heavy atom. The van der Waals surface area contributed by atoms with E-state index in [9.17, 15) is 9.59 Å². The normalized spacial score (nSPS) is 10.7. The van der Waals surface area contributed by atoms with Crippen LogP contribution in [0.25, 0.3) is 0 Å². The van der Waals surface area contributed by atoms with E-state index in [1.165, 1.54) is 23.1 Å². The molecule has 0 bridgehead atoms. The zero-order valence-electron chi connectivity index (χ0n) is 15.4. The molecular formula is C17H22N4O4S2. The van der Waals surface area contributed by atoms with Crippen LogP contribution in [0.3, 0.4) is 0 Å². The predicted molar refractivity (Wildman–Crippen MR) is 107 cm³/mol. The van der Waals surface area contributed by atoms with E-state index in [4.69, 9.17) is 9.47 Å². The fourth-order valence-electron chi connectivity index (χ4n) is 1.90. The van der Waals surface area contributed by atoms with Gasteiger partial charge in [-0.3, -0.25) is 4.79 Å². The molecular weight excluding hydrogens is 388 g/mol. The molecule has 27 heavy (non-hydrogen) atoms. The number of esters is 1. The number of thioether (sulfide) groups is 1. The first-order chi connectivity index (χ1) is 13.0. The highest BCUT2D eigenvalue weighted by Gasteiger charge is 2.11. The number of hydrogen-bond acceptors (Lipinski definition) is 9. The number of nitrogens with zero attached hydrogens (tertiary/aromatic N) is 2. The Morgan fingerprint density at radius 3 is 2.63 bits per heavy atom. The number of anilines is 2. The zero-order chi connectivity index (χ0) is 19.6. The molecule has 2 rings (SSSR count). The van der Waals surface area contributed by atoms with Gasteiger partial charge in [-0.25, -0.2) is 4.79 Å². The second-order valence-electron chi connectivity index (χ2n) is 5.66. The summed E-state index contributed by atoms with van der Waals surface area (Å²) in [5.41, 5.74) is 1.05. The Bertz CT molecular complexity index is 750. The maximum Gasteiger partial charge on any atom is 0.338 e. The molecule has 1 amide bonds. The zero-order valence-corrected chi connectivity index (χ0v) is 17.0. The number of benzene rings is 1. The number of nitrogens with one attached hydrogen (secondary N) is 2. The Kier molecular flexibility index (Phi) is 8.49. The third kappa shape index (κ3) is 7.53. The summed E-state index contributed by atoms with van der Waals surface area (Å²) in [7, 11) is 1.63. The SMILES string of the molecule is COCCNc1nnc(SCC(=O)Nc2ccc(C(=O)OC(C)C)cc2)s1. The van der Waals surface area contributed by atoms with Crippen molar-refractivity contribution in [3.05, 3.63) is 29.8 Å². The van der Waals surface area contributed by atoms with Crippen LogP contribution in [0, 0.1) is 0 Å². The van der Waals surface area contributed by atoms with E-state index in [1.807, 2.05) is 0 Å². The minimum Gasteiger partial charge on any atom is -0.459 e. The number of hydrogen-bond donors (Lipinski definition) is 2. The summed E-state index contributed by atoms with van der Waals surface area (Å²) >= 11 is 2.69. The molecule has 0 spiro atoms. The van der Waals surface area contributed by atoms with Gasteiger partial charge in [0, 0.05) is 19.3 Å². The number of carbonyl (C=O) groups excluding carboxylic acids is 2. The first-order valence-corrected chi connectivity index (χ1v) is 10.1. The summed E-state index contributed by atoms with van der Waals surface area (Å²) < 4.78 is 10.8. The van der Waals surface area contributed by atoms with Crippen LogP contribution < -0.4 is 10.6 Å². The molecule has 8 nitrogen and oxygen atoms in total. The minimum atomic E-state index is -0.385. The van der Waals surface area contributed by atoms with Gasteiger partial charge >= 0.3 is 5.97 Å². The van der Waals surface area contributed by atoms with Crippen LogP contribution in [0.1, 0.15) is 24.2 Å². The highest BCUT2D eigenvalue weighted by atomic mass is 32.2. The van der Waals surface area contributed by atoms with Crippen molar-refractivity contribution >= 4 is 45.8 Å². The van der Waals surface area contributed by atoms with Crippen LogP contribution in [-0.2, 0) is 14.3 Å². The summed E-state index contributed by atoms with van der Waals surface area (Å²) in [5, 5.41) is 14.6. The Labute approximate surface area is 166 Å². The summed E-state index contributed by atoms with van der Waals surface area (Å²) in [6.45, 7) is 4.82. The lowest BCUT2D eigenvalue weighted by molar-refractivity contribution is -0.113. The number of amides is 1. The van der Waals surface area contributed by atoms with Gasteiger partial charge in [-0.2, -0.15) is 0 Å². The van der Waals surface area contributed by atoms with Crippen molar-refractivity contribution in [3.63, 3.8) is 0 Å². The van der Waals surface area contributed by atoms with E-state index in [0.717, 1.165) is 0 Å². The van der Waals surface area contributed by atoms with Crippen LogP contribution in [0.2, 0.25) is 0 Å². The van der Waals surface area contributed by atoms with E-state index < -0.39 is 0 Å². The maximum absolute atomic E-state index is 12.1. The van der Waals surface area contributed by atoms with Crippen molar-refractivity contribution in [2.45, 2.75) is 24.3 Å². The van der Waals surface area contributed by atoms with E-state index in [1.54, 1.807) is 45.2 Å². The largest absolute Gasteiger partial charge is 0.459 e. The fourth-order valence-corrected chi connectivity index (χ4v) is 3.47.